The molecule has 0 N–H and O–H groups in total. The van der Waals surface area contributed by atoms with Crippen molar-refractivity contribution in [2.75, 3.05) is 0 Å². The summed E-state index contributed by atoms with van der Waals surface area (Å²) in [5, 5.41) is 1.39. The summed E-state index contributed by atoms with van der Waals surface area (Å²) in [7, 11) is 2.11. The van der Waals surface area contributed by atoms with Crippen LogP contribution in [0.1, 0.15) is 25.1 Å². The number of aryl methyl sites for hydroxylation is 2. The maximum atomic E-state index is 2.35. The Morgan fingerprint density at radius 3 is 2.40 bits per heavy atom. The molecule has 0 unspecified atom stereocenters. The van der Waals surface area contributed by atoms with Crippen molar-refractivity contribution in [3.63, 3.8) is 0 Å². The van der Waals surface area contributed by atoms with Crippen LogP contribution in [0.5, 0.6) is 0 Å². The second-order valence-electron chi connectivity index (χ2n) is 5.19. The van der Waals surface area contributed by atoms with Crippen LogP contribution in [0, 0.1) is 0 Å². The van der Waals surface area contributed by atoms with E-state index in [1.54, 1.807) is 0 Å². The molecule has 1 aromatic carbocycles. The van der Waals surface area contributed by atoms with Crippen molar-refractivity contribution in [1.82, 2.24) is 4.57 Å². The van der Waals surface area contributed by atoms with Gasteiger partial charge in [0, 0.05) is 42.7 Å². The van der Waals surface area contributed by atoms with Crippen LogP contribution in [0.15, 0.2) is 48.8 Å². The van der Waals surface area contributed by atoms with Gasteiger partial charge in [-0.05, 0) is 12.5 Å². The molecule has 3 aromatic rings. The fourth-order valence-electron chi connectivity index (χ4n) is 3.06. The maximum absolute atomic E-state index is 2.35. The molecule has 2 heteroatoms. The third-order valence-corrected chi connectivity index (χ3v) is 4.06. The Balaban J connectivity index is 2.38. The van der Waals surface area contributed by atoms with E-state index < -0.39 is 0 Å². The average Bonchev–Trinajstić information content (AvgIpc) is 2.87. The topological polar surface area (TPSA) is 8.81 Å². The predicted molar refractivity (Wildman–Crippen MR) is 83.2 cm³/mol. The number of aromatic nitrogens is 2. The van der Waals surface area contributed by atoms with E-state index >= 15 is 0 Å². The van der Waals surface area contributed by atoms with Gasteiger partial charge in [-0.2, -0.15) is 4.57 Å². The summed E-state index contributed by atoms with van der Waals surface area (Å²) in [6.07, 6.45) is 6.53. The van der Waals surface area contributed by atoms with Gasteiger partial charge >= 0.3 is 0 Å². The Bertz CT molecular complexity index is 739. The highest BCUT2D eigenvalue weighted by Gasteiger charge is 2.20. The normalized spacial score (nSPS) is 11.2. The molecule has 2 heterocycles. The predicted octanol–water partition coefficient (Wildman–Crippen LogP) is 3.58. The molecule has 2 aromatic heterocycles. The Hall–Kier alpha value is -2.09. The van der Waals surface area contributed by atoms with Crippen LogP contribution >= 0.6 is 0 Å². The summed E-state index contributed by atoms with van der Waals surface area (Å²) in [6.45, 7) is 4.49. The zero-order chi connectivity index (χ0) is 14.1. The Labute approximate surface area is 120 Å². The molecule has 0 aliphatic rings. The summed E-state index contributed by atoms with van der Waals surface area (Å²) in [5.74, 6) is 0. The largest absolute Gasteiger partial charge is 0.346 e. The number of hydrogen-bond donors (Lipinski definition) is 0. The lowest BCUT2D eigenvalue weighted by Crippen LogP contribution is -2.36. The van der Waals surface area contributed by atoms with E-state index in [0.717, 1.165) is 12.8 Å². The molecule has 0 amide bonds. The minimum absolute atomic E-state index is 1.04. The Morgan fingerprint density at radius 2 is 1.75 bits per heavy atom. The zero-order valence-electron chi connectivity index (χ0n) is 12.4. The number of benzene rings is 1. The van der Waals surface area contributed by atoms with Gasteiger partial charge in [-0.25, -0.2) is 0 Å². The number of fused-ring (bicyclic) bond motifs is 1. The lowest BCUT2D eigenvalue weighted by molar-refractivity contribution is -0.603. The molecule has 0 saturated heterocycles. The van der Waals surface area contributed by atoms with Crippen LogP contribution in [0.3, 0.4) is 0 Å². The van der Waals surface area contributed by atoms with Gasteiger partial charge in [0.1, 0.15) is 5.52 Å². The molecule has 20 heavy (non-hydrogen) atoms. The molecule has 0 aliphatic carbocycles. The van der Waals surface area contributed by atoms with Crippen LogP contribution in [0.25, 0.3) is 16.6 Å². The first-order valence-electron chi connectivity index (χ1n) is 7.33. The van der Waals surface area contributed by atoms with Crippen molar-refractivity contribution in [2.24, 2.45) is 7.05 Å². The molecule has 102 valence electrons. The van der Waals surface area contributed by atoms with E-state index in [1.807, 2.05) is 0 Å². The molecule has 0 atom stereocenters. The highest BCUT2D eigenvalue weighted by molar-refractivity contribution is 5.82. The van der Waals surface area contributed by atoms with Gasteiger partial charge in [0.15, 0.2) is 11.9 Å². The van der Waals surface area contributed by atoms with Gasteiger partial charge in [-0.15, -0.1) is 0 Å². The Morgan fingerprint density at radius 1 is 1.00 bits per heavy atom. The lowest BCUT2D eigenvalue weighted by atomic mass is 10.0. The van der Waals surface area contributed by atoms with Crippen molar-refractivity contribution < 1.29 is 4.57 Å². The van der Waals surface area contributed by atoms with Crippen molar-refractivity contribution in [3.05, 3.63) is 60.0 Å². The van der Waals surface area contributed by atoms with E-state index in [4.69, 9.17) is 0 Å². The molecule has 0 aliphatic heterocycles. The first-order chi connectivity index (χ1) is 9.76. The summed E-state index contributed by atoms with van der Waals surface area (Å²) < 4.78 is 4.55. The molecule has 0 bridgehead atoms. The van der Waals surface area contributed by atoms with Crippen LogP contribution in [-0.4, -0.2) is 4.57 Å². The van der Waals surface area contributed by atoms with Crippen molar-refractivity contribution >= 4 is 10.9 Å². The molecule has 0 radical (unpaired) electrons. The summed E-state index contributed by atoms with van der Waals surface area (Å²) in [5.41, 5.74) is 5.41. The molecule has 0 spiro atoms. The summed E-state index contributed by atoms with van der Waals surface area (Å²) >= 11 is 0. The number of para-hydroxylation sites is 1. The van der Waals surface area contributed by atoms with Crippen LogP contribution in [0.2, 0.25) is 0 Å². The van der Waals surface area contributed by atoms with E-state index in [-0.39, 0.29) is 0 Å². The molecule has 0 saturated carbocycles. The molecular weight excluding hydrogens is 244 g/mol. The van der Waals surface area contributed by atoms with Gasteiger partial charge in [-0.1, -0.05) is 32.0 Å². The molecular formula is C18H21N2+. The quantitative estimate of drug-likeness (QED) is 0.640. The van der Waals surface area contributed by atoms with Gasteiger partial charge in [0.2, 0.25) is 5.69 Å². The van der Waals surface area contributed by atoms with Crippen molar-refractivity contribution in [1.29, 1.82) is 0 Å². The minimum Gasteiger partial charge on any atom is -0.346 e. The van der Waals surface area contributed by atoms with Gasteiger partial charge < -0.3 is 4.57 Å². The highest BCUT2D eigenvalue weighted by Crippen LogP contribution is 2.22. The zero-order valence-corrected chi connectivity index (χ0v) is 12.4. The SMILES string of the molecule is CCc1c(CC)[n+](-c2ccccc2)cc2c1ccn2C. The summed E-state index contributed by atoms with van der Waals surface area (Å²) in [4.78, 5) is 0. The van der Waals surface area contributed by atoms with Crippen LogP contribution < -0.4 is 4.57 Å². The number of hydrogen-bond acceptors (Lipinski definition) is 0. The van der Waals surface area contributed by atoms with E-state index in [0.29, 0.717) is 0 Å². The van der Waals surface area contributed by atoms with Gasteiger partial charge in [0.25, 0.3) is 0 Å². The number of nitrogens with zero attached hydrogens (tertiary/aromatic N) is 2. The summed E-state index contributed by atoms with van der Waals surface area (Å²) in [6, 6.07) is 12.9. The third-order valence-electron chi connectivity index (χ3n) is 4.06. The highest BCUT2D eigenvalue weighted by atomic mass is 15.0. The first-order valence-corrected chi connectivity index (χ1v) is 7.33. The second-order valence-corrected chi connectivity index (χ2v) is 5.19. The lowest BCUT2D eigenvalue weighted by Gasteiger charge is -2.09. The van der Waals surface area contributed by atoms with Crippen LogP contribution in [-0.2, 0) is 19.9 Å². The third kappa shape index (κ3) is 1.92. The van der Waals surface area contributed by atoms with Crippen molar-refractivity contribution in [2.45, 2.75) is 26.7 Å². The first kappa shape index (κ1) is 12.9. The minimum atomic E-state index is 1.04. The smallest absolute Gasteiger partial charge is 0.210 e. The van der Waals surface area contributed by atoms with Gasteiger partial charge in [-0.3, -0.25) is 0 Å². The molecule has 3 rings (SSSR count). The second kappa shape index (κ2) is 5.12. The van der Waals surface area contributed by atoms with Crippen molar-refractivity contribution in [3.8, 4) is 5.69 Å². The van der Waals surface area contributed by atoms with E-state index in [2.05, 4.69) is 78.8 Å². The molecule has 2 nitrogen and oxygen atoms in total. The fraction of sp³-hybridized carbons (Fsp3) is 0.278. The monoisotopic (exact) mass is 265 g/mol. The maximum Gasteiger partial charge on any atom is 0.210 e. The standard InChI is InChI=1S/C18H21N2/c1-4-15-16-11-12-19(3)18(16)13-20(17(15)5-2)14-9-7-6-8-10-14/h6-13H,4-5H2,1-3H3/q+1. The van der Waals surface area contributed by atoms with E-state index in [9.17, 15) is 0 Å². The average molecular weight is 265 g/mol. The molecule has 0 fully saturated rings. The number of pyridine rings is 1. The fourth-order valence-corrected chi connectivity index (χ4v) is 3.06. The number of rotatable bonds is 3. The van der Waals surface area contributed by atoms with E-state index in [1.165, 1.54) is 27.8 Å². The van der Waals surface area contributed by atoms with Crippen LogP contribution in [0.4, 0.5) is 0 Å². The Kier molecular flexibility index (Phi) is 3.31. The van der Waals surface area contributed by atoms with Gasteiger partial charge in [0.05, 0.1) is 0 Å².